The van der Waals surface area contributed by atoms with E-state index in [1.165, 1.54) is 0 Å². The van der Waals surface area contributed by atoms with E-state index in [1.807, 2.05) is 39.9 Å². The van der Waals surface area contributed by atoms with Crippen LogP contribution in [-0.2, 0) is 7.05 Å². The zero-order chi connectivity index (χ0) is 14.2. The SMILES string of the molecule is Cc1nn(C)c(C)c1-c1nc(C(N)CN(C)C)no1. The third kappa shape index (κ3) is 2.66. The Morgan fingerprint density at radius 2 is 2.05 bits per heavy atom. The lowest BCUT2D eigenvalue weighted by atomic mass is 10.2. The van der Waals surface area contributed by atoms with Crippen LogP contribution in [0.1, 0.15) is 23.3 Å². The Labute approximate surface area is 112 Å². The second kappa shape index (κ2) is 5.10. The van der Waals surface area contributed by atoms with Crippen molar-refractivity contribution in [3.63, 3.8) is 0 Å². The van der Waals surface area contributed by atoms with E-state index in [0.717, 1.165) is 17.0 Å². The summed E-state index contributed by atoms with van der Waals surface area (Å²) in [5.74, 6) is 0.999. The molecule has 0 aliphatic heterocycles. The summed E-state index contributed by atoms with van der Waals surface area (Å²) in [6.07, 6.45) is 0. The van der Waals surface area contributed by atoms with Gasteiger partial charge in [0.2, 0.25) is 0 Å². The lowest BCUT2D eigenvalue weighted by molar-refractivity contribution is 0.357. The first-order chi connectivity index (χ1) is 8.90. The molecule has 0 spiro atoms. The lowest BCUT2D eigenvalue weighted by Crippen LogP contribution is -2.26. The van der Waals surface area contributed by atoms with E-state index in [1.54, 1.807) is 4.68 Å². The Bertz CT molecular complexity index is 571. The molecule has 0 aromatic carbocycles. The van der Waals surface area contributed by atoms with Gasteiger partial charge >= 0.3 is 0 Å². The van der Waals surface area contributed by atoms with Crippen LogP contribution in [0.5, 0.6) is 0 Å². The Balaban J connectivity index is 2.30. The number of aryl methyl sites for hydroxylation is 2. The molecule has 0 radical (unpaired) electrons. The fourth-order valence-corrected chi connectivity index (χ4v) is 2.05. The summed E-state index contributed by atoms with van der Waals surface area (Å²) in [6.45, 7) is 4.56. The van der Waals surface area contributed by atoms with Gasteiger partial charge in [-0.3, -0.25) is 4.68 Å². The van der Waals surface area contributed by atoms with E-state index in [0.29, 0.717) is 18.3 Å². The van der Waals surface area contributed by atoms with Crippen molar-refractivity contribution in [2.75, 3.05) is 20.6 Å². The van der Waals surface area contributed by atoms with Crippen LogP contribution in [0.3, 0.4) is 0 Å². The average molecular weight is 264 g/mol. The molecule has 1 atom stereocenters. The number of likely N-dealkylation sites (N-methyl/N-ethyl adjacent to an activating group) is 1. The molecular formula is C12H20N6O. The zero-order valence-corrected chi connectivity index (χ0v) is 12.0. The highest BCUT2D eigenvalue weighted by Crippen LogP contribution is 2.25. The van der Waals surface area contributed by atoms with Gasteiger partial charge in [-0.15, -0.1) is 0 Å². The monoisotopic (exact) mass is 264 g/mol. The molecule has 2 N–H and O–H groups in total. The van der Waals surface area contributed by atoms with Crippen LogP contribution in [0, 0.1) is 13.8 Å². The highest BCUT2D eigenvalue weighted by molar-refractivity contribution is 5.59. The summed E-state index contributed by atoms with van der Waals surface area (Å²) < 4.78 is 7.12. The van der Waals surface area contributed by atoms with Crippen molar-refractivity contribution in [3.05, 3.63) is 17.2 Å². The van der Waals surface area contributed by atoms with Gasteiger partial charge in [-0.05, 0) is 27.9 Å². The number of rotatable bonds is 4. The van der Waals surface area contributed by atoms with Crippen LogP contribution < -0.4 is 5.73 Å². The Hall–Kier alpha value is -1.73. The Kier molecular flexibility index (Phi) is 3.68. The van der Waals surface area contributed by atoms with Crippen molar-refractivity contribution in [1.29, 1.82) is 0 Å². The van der Waals surface area contributed by atoms with Crippen molar-refractivity contribution in [2.24, 2.45) is 12.8 Å². The minimum atomic E-state index is -0.259. The highest BCUT2D eigenvalue weighted by atomic mass is 16.5. The maximum atomic E-state index is 6.02. The first kappa shape index (κ1) is 13.7. The van der Waals surface area contributed by atoms with Gasteiger partial charge in [0.1, 0.15) is 0 Å². The van der Waals surface area contributed by atoms with Crippen molar-refractivity contribution >= 4 is 0 Å². The molecule has 2 aromatic rings. The maximum Gasteiger partial charge on any atom is 0.261 e. The van der Waals surface area contributed by atoms with Crippen molar-refractivity contribution < 1.29 is 4.52 Å². The minimum absolute atomic E-state index is 0.259. The summed E-state index contributed by atoms with van der Waals surface area (Å²) in [5, 5.41) is 8.30. The van der Waals surface area contributed by atoms with E-state index >= 15 is 0 Å². The van der Waals surface area contributed by atoms with Gasteiger partial charge < -0.3 is 15.2 Å². The van der Waals surface area contributed by atoms with E-state index < -0.39 is 0 Å². The molecule has 1 unspecified atom stereocenters. The molecule has 0 saturated heterocycles. The van der Waals surface area contributed by atoms with Gasteiger partial charge in [0.15, 0.2) is 5.82 Å². The molecule has 7 heteroatoms. The molecule has 0 fully saturated rings. The topological polar surface area (TPSA) is 86.0 Å². The summed E-state index contributed by atoms with van der Waals surface area (Å²) in [4.78, 5) is 6.37. The van der Waals surface area contributed by atoms with Crippen LogP contribution in [0.2, 0.25) is 0 Å². The van der Waals surface area contributed by atoms with E-state index in [2.05, 4.69) is 15.2 Å². The summed E-state index contributed by atoms with van der Waals surface area (Å²) >= 11 is 0. The minimum Gasteiger partial charge on any atom is -0.334 e. The summed E-state index contributed by atoms with van der Waals surface area (Å²) in [7, 11) is 5.80. The Morgan fingerprint density at radius 3 is 2.58 bits per heavy atom. The molecule has 0 amide bonds. The average Bonchev–Trinajstić information content (AvgIpc) is 2.85. The molecule has 0 aliphatic rings. The van der Waals surface area contributed by atoms with Gasteiger partial charge in [0.25, 0.3) is 5.89 Å². The first-order valence-electron chi connectivity index (χ1n) is 6.14. The third-order valence-electron chi connectivity index (χ3n) is 3.06. The molecule has 0 saturated carbocycles. The summed E-state index contributed by atoms with van der Waals surface area (Å²) in [5.41, 5.74) is 8.77. The van der Waals surface area contributed by atoms with E-state index in [-0.39, 0.29) is 6.04 Å². The molecule has 2 rings (SSSR count). The van der Waals surface area contributed by atoms with Crippen LogP contribution in [0.4, 0.5) is 0 Å². The molecule has 2 aromatic heterocycles. The van der Waals surface area contributed by atoms with Gasteiger partial charge in [-0.2, -0.15) is 10.1 Å². The fourth-order valence-electron chi connectivity index (χ4n) is 2.05. The molecule has 2 heterocycles. The molecule has 104 valence electrons. The second-order valence-corrected chi connectivity index (χ2v) is 5.00. The van der Waals surface area contributed by atoms with E-state index in [4.69, 9.17) is 10.3 Å². The lowest BCUT2D eigenvalue weighted by Gasteiger charge is -2.12. The zero-order valence-electron chi connectivity index (χ0n) is 12.0. The number of aromatic nitrogens is 4. The predicted molar refractivity (Wildman–Crippen MR) is 71.5 cm³/mol. The van der Waals surface area contributed by atoms with Crippen molar-refractivity contribution in [2.45, 2.75) is 19.9 Å². The standard InChI is InChI=1S/C12H20N6O/c1-7-10(8(2)18(5)15-7)12-14-11(16-19-12)9(13)6-17(3)4/h9H,6,13H2,1-5H3. The third-order valence-corrected chi connectivity index (χ3v) is 3.06. The normalized spacial score (nSPS) is 13.2. The number of hydrogen-bond donors (Lipinski definition) is 1. The fraction of sp³-hybridized carbons (Fsp3) is 0.583. The van der Waals surface area contributed by atoms with Crippen LogP contribution >= 0.6 is 0 Å². The van der Waals surface area contributed by atoms with Crippen LogP contribution in [0.25, 0.3) is 11.5 Å². The van der Waals surface area contributed by atoms with Gasteiger partial charge in [0, 0.05) is 19.3 Å². The number of nitrogens with two attached hydrogens (primary N) is 1. The van der Waals surface area contributed by atoms with Gasteiger partial charge in [-0.1, -0.05) is 5.16 Å². The number of hydrogen-bond acceptors (Lipinski definition) is 6. The van der Waals surface area contributed by atoms with Gasteiger partial charge in [-0.25, -0.2) is 0 Å². The first-order valence-corrected chi connectivity index (χ1v) is 6.14. The Morgan fingerprint density at radius 1 is 1.37 bits per heavy atom. The van der Waals surface area contributed by atoms with Crippen molar-refractivity contribution in [3.8, 4) is 11.5 Å². The van der Waals surface area contributed by atoms with Crippen LogP contribution in [0.15, 0.2) is 4.52 Å². The maximum absolute atomic E-state index is 6.02. The quantitative estimate of drug-likeness (QED) is 0.872. The van der Waals surface area contributed by atoms with E-state index in [9.17, 15) is 0 Å². The largest absolute Gasteiger partial charge is 0.334 e. The van der Waals surface area contributed by atoms with Crippen LogP contribution in [-0.4, -0.2) is 45.5 Å². The second-order valence-electron chi connectivity index (χ2n) is 5.00. The van der Waals surface area contributed by atoms with Crippen molar-refractivity contribution in [1.82, 2.24) is 24.8 Å². The molecule has 0 bridgehead atoms. The molecule has 19 heavy (non-hydrogen) atoms. The highest BCUT2D eigenvalue weighted by Gasteiger charge is 2.20. The summed E-state index contributed by atoms with van der Waals surface area (Å²) in [6, 6.07) is -0.259. The molecule has 7 nitrogen and oxygen atoms in total. The predicted octanol–water partition coefficient (Wildman–Crippen LogP) is 0.648. The number of nitrogens with zero attached hydrogens (tertiary/aromatic N) is 5. The smallest absolute Gasteiger partial charge is 0.261 e. The van der Waals surface area contributed by atoms with Gasteiger partial charge in [0.05, 0.1) is 17.3 Å². The molecular weight excluding hydrogens is 244 g/mol. The molecule has 0 aliphatic carbocycles.